The Morgan fingerprint density at radius 1 is 0.404 bits per heavy atom. The molecule has 0 saturated heterocycles. The zero-order valence-corrected chi connectivity index (χ0v) is 27.7. The van der Waals surface area contributed by atoms with Crippen LogP contribution in [0.2, 0.25) is 0 Å². The highest BCUT2D eigenvalue weighted by atomic mass is 14.7. The second-order valence-electron chi connectivity index (χ2n) is 14.4. The third-order valence-electron chi connectivity index (χ3n) is 11.3. The molecule has 1 heteroatoms. The quantitative estimate of drug-likeness (QED) is 0.187. The van der Waals surface area contributed by atoms with E-state index < -0.39 is 0 Å². The first-order valence-corrected chi connectivity index (χ1v) is 16.6. The summed E-state index contributed by atoms with van der Waals surface area (Å²) in [7, 11) is 1.86. The van der Waals surface area contributed by atoms with Crippen molar-refractivity contribution in [3.05, 3.63) is 161 Å². The van der Waals surface area contributed by atoms with Crippen molar-refractivity contribution >= 4 is 11.3 Å². The molecule has 3 aliphatic rings. The fourth-order valence-corrected chi connectivity index (χ4v) is 8.69. The van der Waals surface area contributed by atoms with E-state index in [4.69, 9.17) is 0 Å². The van der Waals surface area contributed by atoms with E-state index in [9.17, 15) is 0 Å². The van der Waals surface area contributed by atoms with Gasteiger partial charge in [-0.25, -0.2) is 0 Å². The molecule has 3 aliphatic carbocycles. The van der Waals surface area contributed by atoms with Crippen molar-refractivity contribution < 1.29 is 0 Å². The molecule has 0 bridgehead atoms. The molecule has 6 aromatic carbocycles. The number of aliphatic imine (C=N–C) groups is 1. The summed E-state index contributed by atoms with van der Waals surface area (Å²) in [4.78, 5) is 4.64. The van der Waals surface area contributed by atoms with Gasteiger partial charge in [0.25, 0.3) is 0 Å². The summed E-state index contributed by atoms with van der Waals surface area (Å²) in [6.07, 6.45) is 0. The fraction of sp³-hybridized carbons (Fsp3) is 0.152. The van der Waals surface area contributed by atoms with Gasteiger partial charge >= 0.3 is 0 Å². The minimum atomic E-state index is -0.0924. The molecule has 0 aromatic heterocycles. The van der Waals surface area contributed by atoms with Crippen LogP contribution in [0, 0.1) is 0 Å². The number of hydrogen-bond donors (Lipinski definition) is 0. The van der Waals surface area contributed by atoms with Gasteiger partial charge in [-0.2, -0.15) is 0 Å². The van der Waals surface area contributed by atoms with E-state index >= 15 is 0 Å². The summed E-state index contributed by atoms with van der Waals surface area (Å²) in [5, 5.41) is 0. The average Bonchev–Trinajstić information content (AvgIpc) is 3.47. The monoisotopic (exact) mass is 603 g/mol. The number of rotatable bonds is 2. The lowest BCUT2D eigenvalue weighted by Gasteiger charge is -2.24. The van der Waals surface area contributed by atoms with Gasteiger partial charge in [-0.3, -0.25) is 4.99 Å². The molecule has 6 aromatic rings. The van der Waals surface area contributed by atoms with Gasteiger partial charge in [0.05, 0.1) is 5.71 Å². The van der Waals surface area contributed by atoms with Crippen LogP contribution in [0.25, 0.3) is 61.2 Å². The van der Waals surface area contributed by atoms with Gasteiger partial charge in [0.2, 0.25) is 0 Å². The fourth-order valence-electron chi connectivity index (χ4n) is 8.69. The van der Waals surface area contributed by atoms with Crippen LogP contribution in [-0.4, -0.2) is 12.8 Å². The second-order valence-corrected chi connectivity index (χ2v) is 14.4. The van der Waals surface area contributed by atoms with Crippen molar-refractivity contribution in [2.45, 2.75) is 38.5 Å². The number of benzene rings is 6. The van der Waals surface area contributed by atoms with Crippen LogP contribution < -0.4 is 0 Å². The zero-order valence-electron chi connectivity index (χ0n) is 27.7. The van der Waals surface area contributed by atoms with Crippen molar-refractivity contribution in [1.82, 2.24) is 0 Å². The summed E-state index contributed by atoms with van der Waals surface area (Å²) < 4.78 is 0. The maximum Gasteiger partial charge on any atom is 0.0722 e. The number of nitrogens with zero attached hydrogens (tertiary/aromatic N) is 1. The van der Waals surface area contributed by atoms with Gasteiger partial charge < -0.3 is 0 Å². The predicted octanol–water partition coefficient (Wildman–Crippen LogP) is 11.7. The largest absolute Gasteiger partial charge is 0.287 e. The van der Waals surface area contributed by atoms with Crippen LogP contribution in [0.4, 0.5) is 0 Å². The maximum atomic E-state index is 4.64. The highest BCUT2D eigenvalue weighted by Crippen LogP contribution is 2.53. The third kappa shape index (κ3) is 3.80. The van der Waals surface area contributed by atoms with Gasteiger partial charge in [-0.1, -0.05) is 131 Å². The molecular weight excluding hydrogens is 567 g/mol. The van der Waals surface area contributed by atoms with Crippen molar-refractivity contribution in [3.8, 4) is 55.6 Å². The summed E-state index contributed by atoms with van der Waals surface area (Å²) in [6.45, 7) is 13.9. The Morgan fingerprint density at radius 3 is 1.47 bits per heavy atom. The predicted molar refractivity (Wildman–Crippen MR) is 199 cm³/mol. The number of hydrogen-bond acceptors (Lipinski definition) is 1. The molecule has 0 saturated carbocycles. The van der Waals surface area contributed by atoms with Gasteiger partial charge in [-0.05, 0) is 108 Å². The van der Waals surface area contributed by atoms with Crippen LogP contribution in [-0.2, 0) is 10.8 Å². The lowest BCUT2D eigenvalue weighted by Crippen LogP contribution is -2.15. The molecule has 9 rings (SSSR count). The lowest BCUT2D eigenvalue weighted by molar-refractivity contribution is 0.660. The molecule has 0 radical (unpaired) electrons. The molecular formula is C46H37N. The van der Waals surface area contributed by atoms with Crippen LogP contribution in [0.15, 0.2) is 133 Å². The van der Waals surface area contributed by atoms with Gasteiger partial charge in [0, 0.05) is 29.0 Å². The molecule has 0 aliphatic heterocycles. The molecule has 47 heavy (non-hydrogen) atoms. The van der Waals surface area contributed by atoms with Crippen molar-refractivity contribution in [2.75, 3.05) is 7.05 Å². The lowest BCUT2D eigenvalue weighted by atomic mass is 9.79. The SMILES string of the molecule is C=C1C(=NC)c2ccccc2-c2ccc(-c3ccc4c(c3)-c3ccc(-c5ccc6c(c5)-c5ccccc5C6(C)C)cc3C4(C)C)cc21. The highest BCUT2D eigenvalue weighted by Gasteiger charge is 2.37. The van der Waals surface area contributed by atoms with Crippen LogP contribution >= 0.6 is 0 Å². The Balaban J connectivity index is 1.12. The van der Waals surface area contributed by atoms with Crippen LogP contribution in [0.3, 0.4) is 0 Å². The third-order valence-corrected chi connectivity index (χ3v) is 11.3. The maximum absolute atomic E-state index is 4.64. The summed E-state index contributed by atoms with van der Waals surface area (Å²) >= 11 is 0. The van der Waals surface area contributed by atoms with Crippen LogP contribution in [0.5, 0.6) is 0 Å². The summed E-state index contributed by atoms with van der Waals surface area (Å²) in [6, 6.07) is 45.5. The Hall–Kier alpha value is -5.27. The Kier molecular flexibility index (Phi) is 5.73. The minimum Gasteiger partial charge on any atom is -0.287 e. The van der Waals surface area contributed by atoms with E-state index in [-0.39, 0.29) is 10.8 Å². The zero-order chi connectivity index (χ0) is 32.2. The molecule has 1 nitrogen and oxygen atoms in total. The van der Waals surface area contributed by atoms with E-state index in [0.29, 0.717) is 0 Å². The molecule has 0 N–H and O–H groups in total. The Morgan fingerprint density at radius 2 is 0.830 bits per heavy atom. The molecule has 0 fully saturated rings. The highest BCUT2D eigenvalue weighted by molar-refractivity contribution is 6.36. The topological polar surface area (TPSA) is 12.4 Å². The molecule has 226 valence electrons. The molecule has 0 spiro atoms. The smallest absolute Gasteiger partial charge is 0.0722 e. The Labute approximate surface area is 278 Å². The first kappa shape index (κ1) is 28.0. The first-order chi connectivity index (χ1) is 22.7. The van der Waals surface area contributed by atoms with Gasteiger partial charge in [-0.15, -0.1) is 0 Å². The van der Waals surface area contributed by atoms with E-state index in [2.05, 4.69) is 161 Å². The summed E-state index contributed by atoms with van der Waals surface area (Å²) in [5.74, 6) is 0. The molecule has 0 unspecified atom stereocenters. The first-order valence-electron chi connectivity index (χ1n) is 16.6. The molecule has 0 atom stereocenters. The van der Waals surface area contributed by atoms with Gasteiger partial charge in [0.15, 0.2) is 0 Å². The second kappa shape index (κ2) is 9.62. The number of fused-ring (bicyclic) bond motifs is 9. The van der Waals surface area contributed by atoms with E-state index in [1.54, 1.807) is 0 Å². The minimum absolute atomic E-state index is 0.0192. The normalized spacial score (nSPS) is 16.6. The molecule has 0 amide bonds. The summed E-state index contributed by atoms with van der Waals surface area (Å²) in [5.41, 5.74) is 22.6. The van der Waals surface area contributed by atoms with Crippen molar-refractivity contribution in [2.24, 2.45) is 4.99 Å². The van der Waals surface area contributed by atoms with E-state index in [1.807, 2.05) is 7.05 Å². The number of allylic oxidation sites excluding steroid dienone is 1. The molecule has 0 heterocycles. The average molecular weight is 604 g/mol. The van der Waals surface area contributed by atoms with E-state index in [0.717, 1.165) is 22.4 Å². The Bertz CT molecular complexity index is 2380. The van der Waals surface area contributed by atoms with E-state index in [1.165, 1.54) is 77.9 Å². The van der Waals surface area contributed by atoms with Crippen LogP contribution in [0.1, 0.15) is 61.1 Å². The standard InChI is InChI=1S/C46H37N/c1-27-37-23-28(15-19-33(37)32-11-7-8-13-36(32)44(27)47-6)29-17-22-42-39(24-29)35-20-16-31(26-43(35)46(42,4)5)30-18-21-41-38(25-30)34-12-9-10-14-40(34)45(41,2)3/h7-26H,1H2,2-6H3. The van der Waals surface area contributed by atoms with Gasteiger partial charge in [0.1, 0.15) is 0 Å². The van der Waals surface area contributed by atoms with Crippen molar-refractivity contribution in [1.29, 1.82) is 0 Å². The van der Waals surface area contributed by atoms with Crippen molar-refractivity contribution in [3.63, 3.8) is 0 Å².